The molecule has 0 amide bonds. The zero-order chi connectivity index (χ0) is 9.68. The molecule has 0 spiro atoms. The summed E-state index contributed by atoms with van der Waals surface area (Å²) in [6, 6.07) is 2.11. The molecule has 0 aliphatic heterocycles. The van der Waals surface area contributed by atoms with E-state index in [1.54, 1.807) is 0 Å². The highest BCUT2D eigenvalue weighted by atomic mass is 127. The van der Waals surface area contributed by atoms with Gasteiger partial charge in [0.2, 0.25) is 0 Å². The molecule has 1 aromatic heterocycles. The number of rotatable bonds is 5. The maximum Gasteiger partial charge on any atom is 0.164 e. The number of aryl methyl sites for hydroxylation is 2. The summed E-state index contributed by atoms with van der Waals surface area (Å²) in [5, 5.41) is 0. The van der Waals surface area contributed by atoms with Gasteiger partial charge in [-0.3, -0.25) is 0 Å². The van der Waals surface area contributed by atoms with Gasteiger partial charge in [0, 0.05) is 6.42 Å². The average Bonchev–Trinajstić information content (AvgIpc) is 2.39. The van der Waals surface area contributed by atoms with Crippen LogP contribution in [-0.4, -0.2) is 0 Å². The normalized spacial score (nSPS) is 10.7. The summed E-state index contributed by atoms with van der Waals surface area (Å²) in [5.41, 5.74) is 1.31. The first-order chi connectivity index (χ1) is 6.24. The minimum absolute atomic E-state index is 1.01. The third kappa shape index (κ3) is 3.71. The molecule has 0 aromatic carbocycles. The fourth-order valence-electron chi connectivity index (χ4n) is 1.44. The zero-order valence-corrected chi connectivity index (χ0v) is 10.6. The molecule has 74 valence electrons. The Morgan fingerprint density at radius 1 is 1.31 bits per heavy atom. The first-order valence-electron chi connectivity index (χ1n) is 4.99. The highest BCUT2D eigenvalue weighted by Crippen LogP contribution is 2.18. The molecule has 0 atom stereocenters. The molecule has 0 aliphatic carbocycles. The lowest BCUT2D eigenvalue weighted by molar-refractivity contribution is 0.471. The van der Waals surface area contributed by atoms with Crippen LogP contribution in [0.5, 0.6) is 0 Å². The number of halogens is 1. The van der Waals surface area contributed by atoms with Gasteiger partial charge in [-0.05, 0) is 47.6 Å². The minimum Gasteiger partial charge on any atom is -0.455 e. The Balaban J connectivity index is 2.32. The van der Waals surface area contributed by atoms with Crippen LogP contribution < -0.4 is 0 Å². The Bertz CT molecular complexity index is 253. The van der Waals surface area contributed by atoms with E-state index in [0.29, 0.717) is 0 Å². The Hall–Kier alpha value is 0.01000. The standard InChI is InChI=1S/C11H17IO/c1-3-4-5-6-7-10-9(2)8-11(12)13-10/h8H,3-7H2,1-2H3. The number of furan rings is 1. The lowest BCUT2D eigenvalue weighted by Gasteiger charge is -1.98. The van der Waals surface area contributed by atoms with Crippen LogP contribution in [0.1, 0.15) is 43.9 Å². The van der Waals surface area contributed by atoms with Crippen molar-refractivity contribution in [2.24, 2.45) is 0 Å². The highest BCUT2D eigenvalue weighted by molar-refractivity contribution is 14.1. The van der Waals surface area contributed by atoms with E-state index in [9.17, 15) is 0 Å². The van der Waals surface area contributed by atoms with E-state index in [4.69, 9.17) is 4.42 Å². The molecule has 1 nitrogen and oxygen atoms in total. The molecule has 0 aliphatic rings. The maximum atomic E-state index is 5.58. The Kier molecular flexibility index (Phi) is 4.84. The molecule has 0 fully saturated rings. The summed E-state index contributed by atoms with van der Waals surface area (Å²) in [7, 11) is 0. The quantitative estimate of drug-likeness (QED) is 0.582. The largest absolute Gasteiger partial charge is 0.455 e. The molecule has 1 heterocycles. The summed E-state index contributed by atoms with van der Waals surface area (Å²) >= 11 is 2.23. The lowest BCUT2D eigenvalue weighted by Crippen LogP contribution is -1.85. The molecule has 1 aromatic rings. The van der Waals surface area contributed by atoms with Crippen molar-refractivity contribution in [2.75, 3.05) is 0 Å². The van der Waals surface area contributed by atoms with Gasteiger partial charge in [0.15, 0.2) is 3.77 Å². The van der Waals surface area contributed by atoms with Crippen molar-refractivity contribution < 1.29 is 4.42 Å². The van der Waals surface area contributed by atoms with Crippen molar-refractivity contribution >= 4 is 22.6 Å². The van der Waals surface area contributed by atoms with Crippen molar-refractivity contribution in [3.8, 4) is 0 Å². The summed E-state index contributed by atoms with van der Waals surface area (Å²) in [4.78, 5) is 0. The van der Waals surface area contributed by atoms with Gasteiger partial charge >= 0.3 is 0 Å². The van der Waals surface area contributed by atoms with Gasteiger partial charge in [-0.1, -0.05) is 26.2 Å². The smallest absolute Gasteiger partial charge is 0.164 e. The second-order valence-electron chi connectivity index (χ2n) is 3.47. The fraction of sp³-hybridized carbons (Fsp3) is 0.636. The zero-order valence-electron chi connectivity index (χ0n) is 8.40. The van der Waals surface area contributed by atoms with Crippen LogP contribution in [0.3, 0.4) is 0 Å². The molecule has 1 rings (SSSR count). The van der Waals surface area contributed by atoms with Gasteiger partial charge in [-0.15, -0.1) is 0 Å². The highest BCUT2D eigenvalue weighted by Gasteiger charge is 2.04. The second kappa shape index (κ2) is 5.68. The maximum absolute atomic E-state index is 5.58. The van der Waals surface area contributed by atoms with Crippen molar-refractivity contribution in [1.82, 2.24) is 0 Å². The Labute approximate surface area is 94.0 Å². The Morgan fingerprint density at radius 3 is 2.62 bits per heavy atom. The van der Waals surface area contributed by atoms with Crippen LogP contribution >= 0.6 is 22.6 Å². The van der Waals surface area contributed by atoms with Crippen molar-refractivity contribution in [3.63, 3.8) is 0 Å². The molecule has 0 saturated carbocycles. The second-order valence-corrected chi connectivity index (χ2v) is 4.53. The summed E-state index contributed by atoms with van der Waals surface area (Å²) in [5.74, 6) is 1.18. The monoisotopic (exact) mass is 292 g/mol. The molecular formula is C11H17IO. The molecule has 13 heavy (non-hydrogen) atoms. The van der Waals surface area contributed by atoms with E-state index in [0.717, 1.165) is 10.2 Å². The summed E-state index contributed by atoms with van der Waals surface area (Å²) < 4.78 is 6.60. The SMILES string of the molecule is CCCCCCc1oc(I)cc1C. The third-order valence-electron chi connectivity index (χ3n) is 2.25. The first-order valence-corrected chi connectivity index (χ1v) is 6.06. The van der Waals surface area contributed by atoms with E-state index in [-0.39, 0.29) is 0 Å². The molecule has 0 unspecified atom stereocenters. The van der Waals surface area contributed by atoms with E-state index in [1.807, 2.05) is 0 Å². The van der Waals surface area contributed by atoms with Crippen molar-refractivity contribution in [1.29, 1.82) is 0 Å². The topological polar surface area (TPSA) is 13.1 Å². The number of hydrogen-bond acceptors (Lipinski definition) is 1. The van der Waals surface area contributed by atoms with Gasteiger partial charge in [0.1, 0.15) is 5.76 Å². The van der Waals surface area contributed by atoms with Gasteiger partial charge in [-0.2, -0.15) is 0 Å². The van der Waals surface area contributed by atoms with E-state index in [2.05, 4.69) is 42.5 Å². The van der Waals surface area contributed by atoms with Crippen LogP contribution in [0.15, 0.2) is 10.5 Å². The predicted molar refractivity (Wildman–Crippen MR) is 64.0 cm³/mol. The van der Waals surface area contributed by atoms with E-state index < -0.39 is 0 Å². The van der Waals surface area contributed by atoms with Crippen LogP contribution in [-0.2, 0) is 6.42 Å². The van der Waals surface area contributed by atoms with Gasteiger partial charge < -0.3 is 4.42 Å². The lowest BCUT2D eigenvalue weighted by atomic mass is 10.1. The van der Waals surface area contributed by atoms with Gasteiger partial charge in [0.25, 0.3) is 0 Å². The van der Waals surface area contributed by atoms with Crippen molar-refractivity contribution in [2.45, 2.75) is 46.0 Å². The van der Waals surface area contributed by atoms with E-state index in [1.165, 1.54) is 37.0 Å². The van der Waals surface area contributed by atoms with Gasteiger partial charge in [0.05, 0.1) is 0 Å². The van der Waals surface area contributed by atoms with Crippen LogP contribution in [0.25, 0.3) is 0 Å². The van der Waals surface area contributed by atoms with Gasteiger partial charge in [-0.25, -0.2) is 0 Å². The Morgan fingerprint density at radius 2 is 2.08 bits per heavy atom. The van der Waals surface area contributed by atoms with Crippen LogP contribution in [0.4, 0.5) is 0 Å². The minimum atomic E-state index is 1.01. The molecule has 2 heteroatoms. The van der Waals surface area contributed by atoms with Crippen molar-refractivity contribution in [3.05, 3.63) is 21.2 Å². The molecule has 0 radical (unpaired) electrons. The van der Waals surface area contributed by atoms with Crippen LogP contribution in [0.2, 0.25) is 0 Å². The molecule has 0 N–H and O–H groups in total. The number of hydrogen-bond donors (Lipinski definition) is 0. The average molecular weight is 292 g/mol. The number of unbranched alkanes of at least 4 members (excludes halogenated alkanes) is 3. The molecular weight excluding hydrogens is 275 g/mol. The molecule has 0 bridgehead atoms. The van der Waals surface area contributed by atoms with E-state index >= 15 is 0 Å². The summed E-state index contributed by atoms with van der Waals surface area (Å²) in [6.45, 7) is 4.36. The summed E-state index contributed by atoms with van der Waals surface area (Å²) in [6.07, 6.45) is 6.34. The molecule has 0 saturated heterocycles. The first kappa shape index (κ1) is 11.1. The third-order valence-corrected chi connectivity index (χ3v) is 2.78. The predicted octanol–water partition coefficient (Wildman–Crippen LogP) is 4.32. The van der Waals surface area contributed by atoms with Crippen LogP contribution in [0, 0.1) is 10.7 Å². The fourth-order valence-corrected chi connectivity index (χ4v) is 2.17.